The molecule has 0 bridgehead atoms. The lowest BCUT2D eigenvalue weighted by atomic mass is 10.1. The average molecular weight is 429 g/mol. The molecule has 5 nitrogen and oxygen atoms in total. The molecule has 0 spiro atoms. The Morgan fingerprint density at radius 2 is 1.39 bits per heavy atom. The molecule has 0 fully saturated rings. The summed E-state index contributed by atoms with van der Waals surface area (Å²) in [5, 5.41) is 8.70. The summed E-state index contributed by atoms with van der Waals surface area (Å²) < 4.78 is 1.91. The number of para-hydroxylation sites is 1. The van der Waals surface area contributed by atoms with E-state index in [1.807, 2.05) is 83.1 Å². The number of hydrogen-bond donors (Lipinski definition) is 0. The van der Waals surface area contributed by atoms with Crippen molar-refractivity contribution in [3.63, 3.8) is 0 Å². The van der Waals surface area contributed by atoms with E-state index in [9.17, 15) is 4.79 Å². The van der Waals surface area contributed by atoms with E-state index in [0.717, 1.165) is 16.8 Å². The lowest BCUT2D eigenvalue weighted by Crippen LogP contribution is -2.35. The maximum absolute atomic E-state index is 13.5. The molecule has 1 heterocycles. The second kappa shape index (κ2) is 10.1. The summed E-state index contributed by atoms with van der Waals surface area (Å²) in [6, 6.07) is 30.1. The van der Waals surface area contributed by atoms with Crippen LogP contribution in [0.25, 0.3) is 5.69 Å². The Balaban J connectivity index is 1.53. The number of aromatic nitrogens is 3. The third-order valence-corrected chi connectivity index (χ3v) is 5.97. The van der Waals surface area contributed by atoms with Crippen molar-refractivity contribution in [2.24, 2.45) is 0 Å². The van der Waals surface area contributed by atoms with Gasteiger partial charge in [-0.25, -0.2) is 0 Å². The molecule has 1 amide bonds. The maximum Gasteiger partial charge on any atom is 0.236 e. The molecule has 0 saturated heterocycles. The number of carbonyl (C=O) groups excluding carboxylic acids is 1. The van der Waals surface area contributed by atoms with Crippen molar-refractivity contribution in [2.75, 3.05) is 0 Å². The van der Waals surface area contributed by atoms with Gasteiger partial charge in [0.2, 0.25) is 5.91 Å². The van der Waals surface area contributed by atoms with Gasteiger partial charge in [-0.1, -0.05) is 90.6 Å². The van der Waals surface area contributed by atoms with Gasteiger partial charge >= 0.3 is 0 Å². The predicted molar refractivity (Wildman–Crippen MR) is 124 cm³/mol. The van der Waals surface area contributed by atoms with Gasteiger partial charge in [0.25, 0.3) is 0 Å². The smallest absolute Gasteiger partial charge is 0.236 e. The van der Waals surface area contributed by atoms with E-state index in [0.29, 0.717) is 18.2 Å². The minimum Gasteiger partial charge on any atom is -0.333 e. The van der Waals surface area contributed by atoms with Crippen LogP contribution in [-0.4, -0.2) is 30.8 Å². The van der Waals surface area contributed by atoms with Crippen molar-refractivity contribution in [1.29, 1.82) is 0 Å². The number of thioether (sulfide) groups is 1. The van der Waals surface area contributed by atoms with Crippen molar-refractivity contribution in [3.8, 4) is 5.69 Å². The molecule has 0 N–H and O–H groups in total. The first-order chi connectivity index (χ1) is 15.2. The first-order valence-corrected chi connectivity index (χ1v) is 11.1. The molecule has 1 aromatic heterocycles. The second-order valence-corrected chi connectivity index (χ2v) is 8.55. The van der Waals surface area contributed by atoms with Crippen LogP contribution >= 0.6 is 11.8 Å². The van der Waals surface area contributed by atoms with Crippen LogP contribution in [0.5, 0.6) is 0 Å². The van der Waals surface area contributed by atoms with E-state index < -0.39 is 0 Å². The van der Waals surface area contributed by atoms with Crippen LogP contribution < -0.4 is 0 Å². The molecule has 1 atom stereocenters. The highest BCUT2D eigenvalue weighted by atomic mass is 32.2. The zero-order chi connectivity index (χ0) is 21.5. The number of nitrogens with zero attached hydrogens (tertiary/aromatic N) is 4. The Bertz CT molecular complexity index is 1060. The van der Waals surface area contributed by atoms with E-state index in [2.05, 4.69) is 34.5 Å². The van der Waals surface area contributed by atoms with E-state index in [1.165, 1.54) is 11.8 Å². The fourth-order valence-electron chi connectivity index (χ4n) is 3.36. The monoisotopic (exact) mass is 428 g/mol. The van der Waals surface area contributed by atoms with Crippen molar-refractivity contribution < 1.29 is 4.79 Å². The van der Waals surface area contributed by atoms with E-state index in [1.54, 1.807) is 6.33 Å². The standard InChI is InChI=1S/C25H24N4OS/c1-20(31-25-27-26-19-29(25)23-15-9-4-10-16-23)24(30)28(17-21-11-5-2-6-12-21)18-22-13-7-3-8-14-22/h2-16,19-20H,17-18H2,1H3/t20-/m1/s1. The molecule has 0 aliphatic rings. The summed E-state index contributed by atoms with van der Waals surface area (Å²) >= 11 is 1.43. The zero-order valence-corrected chi connectivity index (χ0v) is 18.2. The predicted octanol–water partition coefficient (Wildman–Crippen LogP) is 4.98. The Kier molecular flexibility index (Phi) is 6.79. The molecule has 0 radical (unpaired) electrons. The van der Waals surface area contributed by atoms with Gasteiger partial charge in [0, 0.05) is 18.8 Å². The summed E-state index contributed by atoms with van der Waals surface area (Å²) in [5.41, 5.74) is 3.19. The highest BCUT2D eigenvalue weighted by Gasteiger charge is 2.24. The molecule has 156 valence electrons. The Morgan fingerprint density at radius 3 is 1.94 bits per heavy atom. The van der Waals surface area contributed by atoms with Gasteiger partial charge in [0.05, 0.1) is 5.25 Å². The molecule has 0 aliphatic carbocycles. The fourth-order valence-corrected chi connectivity index (χ4v) is 4.28. The first-order valence-electron chi connectivity index (χ1n) is 10.2. The van der Waals surface area contributed by atoms with Gasteiger partial charge < -0.3 is 4.90 Å². The summed E-state index contributed by atoms with van der Waals surface area (Å²) in [6.45, 7) is 3.05. The van der Waals surface area contributed by atoms with Gasteiger partial charge in [-0.3, -0.25) is 9.36 Å². The van der Waals surface area contributed by atoms with Gasteiger partial charge in [0.15, 0.2) is 5.16 Å². The zero-order valence-electron chi connectivity index (χ0n) is 17.3. The molecule has 4 aromatic rings. The van der Waals surface area contributed by atoms with Crippen molar-refractivity contribution in [3.05, 3.63) is 108 Å². The third kappa shape index (κ3) is 5.41. The lowest BCUT2D eigenvalue weighted by molar-refractivity contribution is -0.131. The van der Waals surface area contributed by atoms with Crippen molar-refractivity contribution in [2.45, 2.75) is 30.4 Å². The average Bonchev–Trinajstić information content (AvgIpc) is 3.28. The van der Waals surface area contributed by atoms with E-state index in [-0.39, 0.29) is 11.2 Å². The normalized spacial score (nSPS) is 11.8. The molecule has 3 aromatic carbocycles. The lowest BCUT2D eigenvalue weighted by Gasteiger charge is -2.26. The number of hydrogen-bond acceptors (Lipinski definition) is 4. The SMILES string of the molecule is C[C@@H](Sc1nncn1-c1ccccc1)C(=O)N(Cc1ccccc1)Cc1ccccc1. The Labute approximate surface area is 186 Å². The molecular weight excluding hydrogens is 404 g/mol. The molecule has 0 unspecified atom stereocenters. The molecule has 0 saturated carbocycles. The fraction of sp³-hybridized carbons (Fsp3) is 0.160. The Hall–Kier alpha value is -3.38. The van der Waals surface area contributed by atoms with Crippen LogP contribution in [0.3, 0.4) is 0 Å². The Morgan fingerprint density at radius 1 is 0.871 bits per heavy atom. The molecule has 4 rings (SSSR count). The van der Waals surface area contributed by atoms with E-state index >= 15 is 0 Å². The quantitative estimate of drug-likeness (QED) is 0.372. The number of benzene rings is 3. The summed E-state index contributed by atoms with van der Waals surface area (Å²) in [7, 11) is 0. The summed E-state index contributed by atoms with van der Waals surface area (Å²) in [4.78, 5) is 15.4. The van der Waals surface area contributed by atoms with Crippen LogP contribution in [0.1, 0.15) is 18.1 Å². The second-order valence-electron chi connectivity index (χ2n) is 7.24. The largest absolute Gasteiger partial charge is 0.333 e. The maximum atomic E-state index is 13.5. The van der Waals surface area contributed by atoms with Gasteiger partial charge in [-0.05, 0) is 30.2 Å². The number of rotatable bonds is 8. The highest BCUT2D eigenvalue weighted by Crippen LogP contribution is 2.26. The van der Waals surface area contributed by atoms with Gasteiger partial charge in [-0.15, -0.1) is 10.2 Å². The van der Waals surface area contributed by atoms with Crippen molar-refractivity contribution in [1.82, 2.24) is 19.7 Å². The topological polar surface area (TPSA) is 51.0 Å². The minimum atomic E-state index is -0.306. The highest BCUT2D eigenvalue weighted by molar-refractivity contribution is 8.00. The molecular formula is C25H24N4OS. The van der Waals surface area contributed by atoms with Gasteiger partial charge in [-0.2, -0.15) is 0 Å². The molecule has 31 heavy (non-hydrogen) atoms. The minimum absolute atomic E-state index is 0.0697. The van der Waals surface area contributed by atoms with Crippen molar-refractivity contribution >= 4 is 17.7 Å². The first kappa shape index (κ1) is 20.9. The van der Waals surface area contributed by atoms with Crippen LogP contribution in [0.2, 0.25) is 0 Å². The third-order valence-electron chi connectivity index (χ3n) is 4.92. The van der Waals surface area contributed by atoms with Crippen LogP contribution in [0.4, 0.5) is 0 Å². The van der Waals surface area contributed by atoms with E-state index in [4.69, 9.17) is 0 Å². The van der Waals surface area contributed by atoms with Gasteiger partial charge in [0.1, 0.15) is 6.33 Å². The van der Waals surface area contributed by atoms with Crippen LogP contribution in [0.15, 0.2) is 102 Å². The van der Waals surface area contributed by atoms with Crippen LogP contribution in [-0.2, 0) is 17.9 Å². The summed E-state index contributed by atoms with van der Waals surface area (Å²) in [6.07, 6.45) is 1.68. The number of carbonyl (C=O) groups is 1. The molecule has 0 aliphatic heterocycles. The number of amides is 1. The summed E-state index contributed by atoms with van der Waals surface area (Å²) in [5.74, 6) is 0.0697. The molecule has 6 heteroatoms. The van der Waals surface area contributed by atoms with Crippen LogP contribution in [0, 0.1) is 0 Å².